The number of halogens is 1. The summed E-state index contributed by atoms with van der Waals surface area (Å²) in [4.78, 5) is 20.0. The lowest BCUT2D eigenvalue weighted by molar-refractivity contribution is 0.0821. The van der Waals surface area contributed by atoms with Crippen LogP contribution in [-0.4, -0.2) is 49.5 Å². The van der Waals surface area contributed by atoms with Gasteiger partial charge in [0.15, 0.2) is 5.69 Å². The van der Waals surface area contributed by atoms with E-state index in [-0.39, 0.29) is 10.7 Å². The lowest BCUT2D eigenvalue weighted by atomic mass is 10.4. The van der Waals surface area contributed by atoms with Crippen molar-refractivity contribution in [1.82, 2.24) is 14.9 Å². The van der Waals surface area contributed by atoms with Gasteiger partial charge in [0.05, 0.1) is 11.2 Å². The van der Waals surface area contributed by atoms with Gasteiger partial charge < -0.3 is 4.90 Å². The van der Waals surface area contributed by atoms with Crippen molar-refractivity contribution in [2.45, 2.75) is 5.16 Å². The van der Waals surface area contributed by atoms with E-state index in [2.05, 4.69) is 9.97 Å². The Morgan fingerprint density at radius 1 is 1.44 bits per heavy atom. The Bertz CT molecular complexity index is 527. The molecule has 0 fully saturated rings. The molecule has 88 valence electrons. The molecule has 0 atom stereocenters. The summed E-state index contributed by atoms with van der Waals surface area (Å²) in [7, 11) is -0.523. The van der Waals surface area contributed by atoms with Crippen molar-refractivity contribution in [1.29, 1.82) is 0 Å². The van der Waals surface area contributed by atoms with Gasteiger partial charge in [0.2, 0.25) is 15.0 Å². The molecule has 1 aromatic heterocycles. The second-order valence-electron chi connectivity index (χ2n) is 3.32. The topological polar surface area (TPSA) is 80.2 Å². The third-order valence-corrected chi connectivity index (χ3v) is 2.80. The summed E-state index contributed by atoms with van der Waals surface area (Å²) < 4.78 is 22.4. The zero-order chi connectivity index (χ0) is 12.5. The summed E-state index contributed by atoms with van der Waals surface area (Å²) in [5.74, 6) is -0.475. The summed E-state index contributed by atoms with van der Waals surface area (Å²) in [6.45, 7) is 0. The van der Waals surface area contributed by atoms with Crippen LogP contribution in [0.2, 0.25) is 5.02 Å². The maximum Gasteiger partial charge on any atom is 0.273 e. The van der Waals surface area contributed by atoms with Crippen molar-refractivity contribution in [2.24, 2.45) is 0 Å². The summed E-state index contributed by atoms with van der Waals surface area (Å²) in [6, 6.07) is 0. The van der Waals surface area contributed by atoms with E-state index >= 15 is 0 Å². The Morgan fingerprint density at radius 3 is 2.44 bits per heavy atom. The van der Waals surface area contributed by atoms with Crippen LogP contribution in [0.25, 0.3) is 0 Å². The molecule has 6 nitrogen and oxygen atoms in total. The molecule has 0 saturated carbocycles. The number of nitrogens with zero attached hydrogens (tertiary/aromatic N) is 3. The van der Waals surface area contributed by atoms with Crippen LogP contribution in [0.5, 0.6) is 0 Å². The predicted octanol–water partition coefficient (Wildman–Crippen LogP) is 0.235. The second kappa shape index (κ2) is 4.34. The van der Waals surface area contributed by atoms with Crippen molar-refractivity contribution in [2.75, 3.05) is 20.4 Å². The van der Waals surface area contributed by atoms with Crippen LogP contribution in [0.1, 0.15) is 10.5 Å². The number of amides is 1. The minimum Gasteiger partial charge on any atom is -0.343 e. The Morgan fingerprint density at radius 2 is 2.00 bits per heavy atom. The molecular formula is C8H10ClN3O3S. The van der Waals surface area contributed by atoms with E-state index in [9.17, 15) is 13.2 Å². The quantitative estimate of drug-likeness (QED) is 0.714. The van der Waals surface area contributed by atoms with Crippen LogP contribution in [-0.2, 0) is 9.84 Å². The fourth-order valence-electron chi connectivity index (χ4n) is 0.891. The molecule has 1 heterocycles. The zero-order valence-electron chi connectivity index (χ0n) is 8.93. The molecule has 1 amide bonds. The van der Waals surface area contributed by atoms with Gasteiger partial charge in [-0.3, -0.25) is 4.79 Å². The predicted molar refractivity (Wildman–Crippen MR) is 58.2 cm³/mol. The summed E-state index contributed by atoms with van der Waals surface area (Å²) >= 11 is 5.72. The lowest BCUT2D eigenvalue weighted by Crippen LogP contribution is -2.24. The van der Waals surface area contributed by atoms with Crippen molar-refractivity contribution in [3.63, 3.8) is 0 Å². The third-order valence-electron chi connectivity index (χ3n) is 1.66. The van der Waals surface area contributed by atoms with Crippen molar-refractivity contribution in [3.8, 4) is 0 Å². The second-order valence-corrected chi connectivity index (χ2v) is 5.64. The van der Waals surface area contributed by atoms with E-state index in [0.29, 0.717) is 0 Å². The van der Waals surface area contributed by atoms with Gasteiger partial charge >= 0.3 is 0 Å². The van der Waals surface area contributed by atoms with Crippen molar-refractivity contribution < 1.29 is 13.2 Å². The maximum absolute atomic E-state index is 11.6. The van der Waals surface area contributed by atoms with Gasteiger partial charge in [0, 0.05) is 20.4 Å². The molecule has 0 unspecified atom stereocenters. The van der Waals surface area contributed by atoms with Crippen LogP contribution in [0.3, 0.4) is 0 Å². The number of carbonyl (C=O) groups is 1. The molecular weight excluding hydrogens is 254 g/mol. The van der Waals surface area contributed by atoms with Crippen LogP contribution in [0.15, 0.2) is 11.4 Å². The molecule has 0 aliphatic rings. The minimum atomic E-state index is -3.55. The molecule has 0 radical (unpaired) electrons. The number of hydrogen-bond acceptors (Lipinski definition) is 5. The third kappa shape index (κ3) is 2.67. The van der Waals surface area contributed by atoms with E-state index < -0.39 is 20.9 Å². The largest absolute Gasteiger partial charge is 0.343 e. The Hall–Kier alpha value is -1.21. The monoisotopic (exact) mass is 263 g/mol. The molecule has 0 bridgehead atoms. The summed E-state index contributed by atoms with van der Waals surface area (Å²) in [5.41, 5.74) is -0.123. The Balaban J connectivity index is 3.36. The number of aromatic nitrogens is 2. The Labute approximate surface area is 98.2 Å². The van der Waals surface area contributed by atoms with Crippen LogP contribution < -0.4 is 0 Å². The molecule has 0 N–H and O–H groups in total. The van der Waals surface area contributed by atoms with E-state index in [1.165, 1.54) is 19.0 Å². The first-order chi connectivity index (χ1) is 7.23. The van der Waals surface area contributed by atoms with E-state index in [4.69, 9.17) is 11.6 Å². The van der Waals surface area contributed by atoms with Gasteiger partial charge in [-0.15, -0.1) is 0 Å². The van der Waals surface area contributed by atoms with Gasteiger partial charge in [-0.25, -0.2) is 18.4 Å². The standard InChI is InChI=1S/C8H10ClN3O3S/c1-12(2)7(13)6-5(9)4-10-8(11-6)16(3,14)15/h4H,1-3H3. The SMILES string of the molecule is CN(C)C(=O)c1nc(S(C)(=O)=O)ncc1Cl. The summed E-state index contributed by atoms with van der Waals surface area (Å²) in [6.07, 6.45) is 2.06. The Kier molecular flexibility index (Phi) is 3.49. The smallest absolute Gasteiger partial charge is 0.273 e. The molecule has 1 rings (SSSR count). The fourth-order valence-corrected chi connectivity index (χ4v) is 1.56. The number of rotatable bonds is 2. The molecule has 0 aromatic carbocycles. The lowest BCUT2D eigenvalue weighted by Gasteiger charge is -2.10. The average molecular weight is 264 g/mol. The zero-order valence-corrected chi connectivity index (χ0v) is 10.5. The molecule has 0 spiro atoms. The normalized spacial score (nSPS) is 11.2. The first kappa shape index (κ1) is 12.9. The van der Waals surface area contributed by atoms with E-state index in [1.807, 2.05) is 0 Å². The maximum atomic E-state index is 11.6. The van der Waals surface area contributed by atoms with Gasteiger partial charge in [-0.05, 0) is 0 Å². The van der Waals surface area contributed by atoms with Gasteiger partial charge in [0.1, 0.15) is 0 Å². The highest BCUT2D eigenvalue weighted by Gasteiger charge is 2.19. The van der Waals surface area contributed by atoms with Crippen molar-refractivity contribution >= 4 is 27.3 Å². The molecule has 0 aliphatic heterocycles. The number of carbonyl (C=O) groups excluding carboxylic acids is 1. The van der Waals surface area contributed by atoms with E-state index in [1.54, 1.807) is 0 Å². The number of sulfone groups is 1. The summed E-state index contributed by atoms with van der Waals surface area (Å²) in [5, 5.41) is -0.395. The first-order valence-electron chi connectivity index (χ1n) is 4.17. The van der Waals surface area contributed by atoms with Crippen LogP contribution >= 0.6 is 11.6 Å². The molecule has 8 heteroatoms. The van der Waals surface area contributed by atoms with Gasteiger partial charge in [-0.2, -0.15) is 0 Å². The highest BCUT2D eigenvalue weighted by molar-refractivity contribution is 7.90. The van der Waals surface area contributed by atoms with E-state index in [0.717, 1.165) is 12.5 Å². The fraction of sp³-hybridized carbons (Fsp3) is 0.375. The minimum absolute atomic E-state index is 0.0195. The van der Waals surface area contributed by atoms with Crippen LogP contribution in [0.4, 0.5) is 0 Å². The number of hydrogen-bond donors (Lipinski definition) is 0. The first-order valence-corrected chi connectivity index (χ1v) is 6.44. The van der Waals surface area contributed by atoms with Gasteiger partial charge in [-0.1, -0.05) is 11.6 Å². The molecule has 1 aromatic rings. The molecule has 0 saturated heterocycles. The highest BCUT2D eigenvalue weighted by Crippen LogP contribution is 2.15. The van der Waals surface area contributed by atoms with Crippen molar-refractivity contribution in [3.05, 3.63) is 16.9 Å². The van der Waals surface area contributed by atoms with Gasteiger partial charge in [0.25, 0.3) is 5.91 Å². The van der Waals surface area contributed by atoms with Crippen LogP contribution in [0, 0.1) is 0 Å². The average Bonchev–Trinajstić information content (AvgIpc) is 2.15. The molecule has 0 aliphatic carbocycles. The molecule has 16 heavy (non-hydrogen) atoms. The highest BCUT2D eigenvalue weighted by atomic mass is 35.5.